The van der Waals surface area contributed by atoms with Crippen LogP contribution in [-0.4, -0.2) is 33.5 Å². The molecule has 3 rings (SSSR count). The van der Waals surface area contributed by atoms with Crippen molar-refractivity contribution in [2.45, 2.75) is 31.3 Å². The minimum Gasteiger partial charge on any atom is -0.476 e. The van der Waals surface area contributed by atoms with Crippen LogP contribution in [0, 0.1) is 6.92 Å². The molecule has 0 saturated heterocycles. The zero-order valence-electron chi connectivity index (χ0n) is 15.1. The third-order valence-corrected chi connectivity index (χ3v) is 6.45. The van der Waals surface area contributed by atoms with Crippen molar-refractivity contribution in [1.82, 2.24) is 5.32 Å². The number of fused-ring (bicyclic) bond motifs is 1. The van der Waals surface area contributed by atoms with Gasteiger partial charge in [0, 0.05) is 11.6 Å². The van der Waals surface area contributed by atoms with Crippen molar-refractivity contribution in [3.63, 3.8) is 0 Å². The van der Waals surface area contributed by atoms with Crippen LogP contribution in [-0.2, 0) is 14.8 Å². The first-order valence-corrected chi connectivity index (χ1v) is 10.5. The van der Waals surface area contributed by atoms with Gasteiger partial charge in [-0.25, -0.2) is 8.42 Å². The van der Waals surface area contributed by atoms with Gasteiger partial charge < -0.3 is 10.1 Å². The van der Waals surface area contributed by atoms with Gasteiger partial charge >= 0.3 is 0 Å². The fourth-order valence-electron chi connectivity index (χ4n) is 2.90. The molecule has 6 nitrogen and oxygen atoms in total. The maximum Gasteiger partial charge on any atom is 0.264 e. The van der Waals surface area contributed by atoms with Crippen molar-refractivity contribution in [2.75, 3.05) is 17.4 Å². The molecule has 1 unspecified atom stereocenters. The summed E-state index contributed by atoms with van der Waals surface area (Å²) in [6.07, 6.45) is -0.153. The van der Waals surface area contributed by atoms with Gasteiger partial charge in [-0.2, -0.15) is 0 Å². The maximum atomic E-state index is 13.4. The molecule has 0 aliphatic carbocycles. The van der Waals surface area contributed by atoms with E-state index >= 15 is 0 Å². The average Bonchev–Trinajstić information content (AvgIpc) is 2.66. The van der Waals surface area contributed by atoms with E-state index in [1.165, 1.54) is 10.4 Å². The number of para-hydroxylation sites is 2. The van der Waals surface area contributed by atoms with Gasteiger partial charge in [-0.05, 0) is 43.2 Å². The fourth-order valence-corrected chi connectivity index (χ4v) is 4.87. The summed E-state index contributed by atoms with van der Waals surface area (Å²) in [7, 11) is -3.93. The van der Waals surface area contributed by atoms with E-state index in [9.17, 15) is 13.2 Å². The molecule has 0 bridgehead atoms. The molecule has 1 aliphatic rings. The number of aryl methyl sites for hydroxylation is 1. The number of amides is 1. The molecule has 0 aromatic heterocycles. The molecular weight excluding hydrogens is 388 g/mol. The summed E-state index contributed by atoms with van der Waals surface area (Å²) >= 11 is 6.03. The fraction of sp³-hybridized carbons (Fsp3) is 0.316. The van der Waals surface area contributed by atoms with Crippen molar-refractivity contribution in [3.05, 3.63) is 53.1 Å². The number of hydrogen-bond acceptors (Lipinski definition) is 4. The first-order valence-electron chi connectivity index (χ1n) is 8.67. The van der Waals surface area contributed by atoms with Crippen LogP contribution in [0.4, 0.5) is 5.69 Å². The molecule has 8 heteroatoms. The molecule has 0 saturated carbocycles. The van der Waals surface area contributed by atoms with Crippen molar-refractivity contribution in [2.24, 2.45) is 0 Å². The monoisotopic (exact) mass is 408 g/mol. The Morgan fingerprint density at radius 3 is 2.78 bits per heavy atom. The molecule has 0 fully saturated rings. The summed E-state index contributed by atoms with van der Waals surface area (Å²) < 4.78 is 33.8. The topological polar surface area (TPSA) is 75.7 Å². The molecular formula is C19H21ClN2O4S. The Kier molecular flexibility index (Phi) is 5.62. The van der Waals surface area contributed by atoms with E-state index in [2.05, 4.69) is 5.32 Å². The first kappa shape index (κ1) is 19.5. The molecule has 27 heavy (non-hydrogen) atoms. The van der Waals surface area contributed by atoms with E-state index in [0.717, 1.165) is 6.42 Å². The molecule has 1 atom stereocenters. The van der Waals surface area contributed by atoms with Gasteiger partial charge in [0.2, 0.25) is 0 Å². The van der Waals surface area contributed by atoms with Crippen LogP contribution in [0.1, 0.15) is 18.9 Å². The van der Waals surface area contributed by atoms with E-state index in [4.69, 9.17) is 16.3 Å². The van der Waals surface area contributed by atoms with Crippen LogP contribution in [0.15, 0.2) is 47.4 Å². The van der Waals surface area contributed by atoms with Crippen molar-refractivity contribution < 1.29 is 17.9 Å². The number of benzene rings is 2. The first-order chi connectivity index (χ1) is 12.8. The minimum atomic E-state index is -3.93. The van der Waals surface area contributed by atoms with Crippen molar-refractivity contribution >= 4 is 33.2 Å². The Hall–Kier alpha value is -2.25. The summed E-state index contributed by atoms with van der Waals surface area (Å²) in [5.41, 5.74) is 0.978. The molecule has 2 aromatic rings. The van der Waals surface area contributed by atoms with E-state index < -0.39 is 16.1 Å². The molecule has 1 N–H and O–H groups in total. The number of nitrogens with zero attached hydrogens (tertiary/aromatic N) is 1. The molecule has 2 aromatic carbocycles. The average molecular weight is 409 g/mol. The molecule has 1 aliphatic heterocycles. The second-order valence-electron chi connectivity index (χ2n) is 6.31. The minimum absolute atomic E-state index is 0.110. The van der Waals surface area contributed by atoms with Gasteiger partial charge in [0.15, 0.2) is 6.10 Å². The Morgan fingerprint density at radius 2 is 2.04 bits per heavy atom. The maximum absolute atomic E-state index is 13.4. The normalized spacial score (nSPS) is 16.4. The van der Waals surface area contributed by atoms with Gasteiger partial charge in [-0.1, -0.05) is 36.7 Å². The summed E-state index contributed by atoms with van der Waals surface area (Å²) in [6.45, 7) is 4.04. The summed E-state index contributed by atoms with van der Waals surface area (Å²) in [4.78, 5) is 12.5. The van der Waals surface area contributed by atoms with Crippen LogP contribution in [0.2, 0.25) is 5.02 Å². The number of carbonyl (C=O) groups is 1. The number of hydrogen-bond donors (Lipinski definition) is 1. The Labute approximate surface area is 164 Å². The number of sulfonamides is 1. The van der Waals surface area contributed by atoms with Gasteiger partial charge in [0.25, 0.3) is 15.9 Å². The Morgan fingerprint density at radius 1 is 1.30 bits per heavy atom. The summed E-state index contributed by atoms with van der Waals surface area (Å²) in [5.74, 6) is 0.0121. The van der Waals surface area contributed by atoms with Gasteiger partial charge in [-0.15, -0.1) is 0 Å². The number of nitrogens with one attached hydrogen (secondary N) is 1. The standard InChI is InChI=1S/C19H21ClN2O4S/c1-3-10-21-19(23)17-12-22(15-6-4-5-7-16(15)26-17)27(24,25)18-11-14(20)9-8-13(18)2/h4-9,11,17H,3,10,12H2,1-2H3,(H,21,23). The Bertz CT molecular complexity index is 962. The third kappa shape index (κ3) is 3.89. The number of carbonyl (C=O) groups excluding carboxylic acids is 1. The second-order valence-corrected chi connectivity index (χ2v) is 8.58. The number of anilines is 1. The highest BCUT2D eigenvalue weighted by atomic mass is 35.5. The zero-order chi connectivity index (χ0) is 19.6. The van der Waals surface area contributed by atoms with E-state index in [-0.39, 0.29) is 17.3 Å². The lowest BCUT2D eigenvalue weighted by Gasteiger charge is -2.35. The largest absolute Gasteiger partial charge is 0.476 e. The molecule has 1 amide bonds. The van der Waals surface area contributed by atoms with Crippen molar-refractivity contribution in [3.8, 4) is 5.75 Å². The SMILES string of the molecule is CCCNC(=O)C1CN(S(=O)(=O)c2cc(Cl)ccc2C)c2ccccc2O1. The van der Waals surface area contributed by atoms with Crippen LogP contribution < -0.4 is 14.4 Å². The van der Waals surface area contributed by atoms with E-state index in [1.807, 2.05) is 6.92 Å². The highest BCUT2D eigenvalue weighted by Crippen LogP contribution is 2.37. The van der Waals surface area contributed by atoms with E-state index in [1.54, 1.807) is 43.3 Å². The lowest BCUT2D eigenvalue weighted by molar-refractivity contribution is -0.127. The second kappa shape index (κ2) is 7.78. The molecule has 144 valence electrons. The quantitative estimate of drug-likeness (QED) is 0.824. The van der Waals surface area contributed by atoms with Crippen LogP contribution >= 0.6 is 11.6 Å². The zero-order valence-corrected chi connectivity index (χ0v) is 16.7. The number of ether oxygens (including phenoxy) is 1. The summed E-state index contributed by atoms with van der Waals surface area (Å²) in [5, 5.41) is 3.09. The highest BCUT2D eigenvalue weighted by molar-refractivity contribution is 7.93. The third-order valence-electron chi connectivity index (χ3n) is 4.29. The van der Waals surface area contributed by atoms with Crippen LogP contribution in [0.25, 0.3) is 0 Å². The lowest BCUT2D eigenvalue weighted by Crippen LogP contribution is -2.50. The lowest BCUT2D eigenvalue weighted by atomic mass is 10.2. The molecule has 0 spiro atoms. The number of rotatable bonds is 5. The van der Waals surface area contributed by atoms with Gasteiger partial charge in [-0.3, -0.25) is 9.10 Å². The summed E-state index contributed by atoms with van der Waals surface area (Å²) in [6, 6.07) is 11.5. The highest BCUT2D eigenvalue weighted by Gasteiger charge is 2.37. The number of halogens is 1. The van der Waals surface area contributed by atoms with Gasteiger partial charge in [0.1, 0.15) is 5.75 Å². The smallest absolute Gasteiger partial charge is 0.264 e. The molecule has 0 radical (unpaired) electrons. The predicted octanol–water partition coefficient (Wildman–Crippen LogP) is 3.13. The van der Waals surface area contributed by atoms with Gasteiger partial charge in [0.05, 0.1) is 17.1 Å². The van der Waals surface area contributed by atoms with Crippen LogP contribution in [0.3, 0.4) is 0 Å². The molecule has 1 heterocycles. The Balaban J connectivity index is 2.04. The van der Waals surface area contributed by atoms with Crippen LogP contribution in [0.5, 0.6) is 5.75 Å². The predicted molar refractivity (Wildman–Crippen MR) is 105 cm³/mol. The van der Waals surface area contributed by atoms with E-state index in [0.29, 0.717) is 28.6 Å². The van der Waals surface area contributed by atoms with Crippen molar-refractivity contribution in [1.29, 1.82) is 0 Å².